The monoisotopic (exact) mass is 313 g/mol. The fourth-order valence-corrected chi connectivity index (χ4v) is 2.04. The molecule has 0 fully saturated rings. The zero-order valence-corrected chi connectivity index (χ0v) is 12.7. The predicted octanol–water partition coefficient (Wildman–Crippen LogP) is 4.99. The summed E-state index contributed by atoms with van der Waals surface area (Å²) in [6.07, 6.45) is 2.88. The molecule has 0 radical (unpaired) electrons. The lowest BCUT2D eigenvalue weighted by atomic mass is 9.98. The Hall–Kier alpha value is -0.670. The molecule has 1 N–H and O–H groups in total. The van der Waals surface area contributed by atoms with Gasteiger partial charge in [-0.15, -0.1) is 0 Å². The summed E-state index contributed by atoms with van der Waals surface area (Å²) in [4.78, 5) is 0. The van der Waals surface area contributed by atoms with Gasteiger partial charge in [0, 0.05) is 6.04 Å². The van der Waals surface area contributed by atoms with E-state index in [1.165, 1.54) is 5.57 Å². The van der Waals surface area contributed by atoms with Crippen LogP contribution < -0.4 is 5.32 Å². The molecular weight excluding hydrogens is 293 g/mol. The van der Waals surface area contributed by atoms with Gasteiger partial charge in [0.2, 0.25) is 0 Å². The molecule has 3 heteroatoms. The third-order valence-electron chi connectivity index (χ3n) is 2.98. The van der Waals surface area contributed by atoms with Gasteiger partial charge in [-0.1, -0.05) is 32.1 Å². The van der Waals surface area contributed by atoms with Crippen molar-refractivity contribution in [3.05, 3.63) is 46.2 Å². The van der Waals surface area contributed by atoms with Gasteiger partial charge in [-0.3, -0.25) is 0 Å². The quantitative estimate of drug-likeness (QED) is 0.700. The largest absolute Gasteiger partial charge is 0.310 e. The van der Waals surface area contributed by atoms with Gasteiger partial charge in [-0.05, 0) is 59.4 Å². The van der Waals surface area contributed by atoms with E-state index in [1.54, 1.807) is 12.1 Å². The lowest BCUT2D eigenvalue weighted by Crippen LogP contribution is -2.22. The third-order valence-corrected chi connectivity index (χ3v) is 3.62. The minimum atomic E-state index is -0.210. The van der Waals surface area contributed by atoms with Crippen molar-refractivity contribution < 1.29 is 4.39 Å². The van der Waals surface area contributed by atoms with Crippen LogP contribution in [0.25, 0.3) is 0 Å². The average molecular weight is 314 g/mol. The molecule has 100 valence electrons. The Bertz CT molecular complexity index is 403. The maximum absolute atomic E-state index is 13.6. The zero-order chi connectivity index (χ0) is 13.5. The van der Waals surface area contributed by atoms with Gasteiger partial charge in [-0.25, -0.2) is 4.39 Å². The Kier molecular flexibility index (Phi) is 6.58. The summed E-state index contributed by atoms with van der Waals surface area (Å²) in [6, 6.07) is 5.48. The Morgan fingerprint density at radius 3 is 2.72 bits per heavy atom. The number of benzene rings is 1. The summed E-state index contributed by atoms with van der Waals surface area (Å²) in [5.41, 5.74) is 2.17. The number of hydrogen-bond acceptors (Lipinski definition) is 1. The predicted molar refractivity (Wildman–Crippen MR) is 79.2 cm³/mol. The Labute approximate surface area is 118 Å². The summed E-state index contributed by atoms with van der Waals surface area (Å²) >= 11 is 3.18. The van der Waals surface area contributed by atoms with E-state index >= 15 is 0 Å². The summed E-state index contributed by atoms with van der Waals surface area (Å²) in [5, 5.41) is 3.45. The van der Waals surface area contributed by atoms with E-state index in [4.69, 9.17) is 0 Å². The Balaban J connectivity index is 2.86. The molecule has 0 aliphatic heterocycles. The van der Waals surface area contributed by atoms with E-state index in [2.05, 4.69) is 41.7 Å². The second kappa shape index (κ2) is 7.70. The SMILES string of the molecule is C=C(CC)CC(NCCC)c1ccc(Br)c(F)c1. The van der Waals surface area contributed by atoms with E-state index < -0.39 is 0 Å². The zero-order valence-electron chi connectivity index (χ0n) is 11.1. The van der Waals surface area contributed by atoms with Crippen molar-refractivity contribution in [3.63, 3.8) is 0 Å². The summed E-state index contributed by atoms with van der Waals surface area (Å²) in [5.74, 6) is -0.210. The number of halogens is 2. The van der Waals surface area contributed by atoms with Crippen LogP contribution in [0, 0.1) is 5.82 Å². The number of nitrogens with one attached hydrogen (secondary N) is 1. The van der Waals surface area contributed by atoms with Crippen LogP contribution in [0.3, 0.4) is 0 Å². The van der Waals surface area contributed by atoms with E-state index in [0.29, 0.717) is 4.47 Å². The topological polar surface area (TPSA) is 12.0 Å². The maximum Gasteiger partial charge on any atom is 0.137 e. The van der Waals surface area contributed by atoms with Gasteiger partial charge in [0.05, 0.1) is 4.47 Å². The maximum atomic E-state index is 13.6. The molecule has 0 aliphatic carbocycles. The van der Waals surface area contributed by atoms with Crippen molar-refractivity contribution in [1.82, 2.24) is 5.32 Å². The van der Waals surface area contributed by atoms with Gasteiger partial charge in [-0.2, -0.15) is 0 Å². The lowest BCUT2D eigenvalue weighted by molar-refractivity contribution is 0.518. The van der Waals surface area contributed by atoms with Crippen LogP contribution in [0.4, 0.5) is 4.39 Å². The van der Waals surface area contributed by atoms with E-state index in [-0.39, 0.29) is 11.9 Å². The molecule has 18 heavy (non-hydrogen) atoms. The van der Waals surface area contributed by atoms with Crippen LogP contribution in [0.15, 0.2) is 34.8 Å². The van der Waals surface area contributed by atoms with Gasteiger partial charge in [0.1, 0.15) is 5.82 Å². The van der Waals surface area contributed by atoms with E-state index in [0.717, 1.165) is 31.4 Å². The van der Waals surface area contributed by atoms with Crippen LogP contribution >= 0.6 is 15.9 Å². The van der Waals surface area contributed by atoms with Crippen molar-refractivity contribution in [1.29, 1.82) is 0 Å². The fourth-order valence-electron chi connectivity index (χ4n) is 1.79. The smallest absolute Gasteiger partial charge is 0.137 e. The number of hydrogen-bond donors (Lipinski definition) is 1. The molecule has 1 atom stereocenters. The first kappa shape index (κ1) is 15.4. The highest BCUT2D eigenvalue weighted by Crippen LogP contribution is 2.25. The molecule has 1 unspecified atom stereocenters. The third kappa shape index (κ3) is 4.54. The molecule has 0 amide bonds. The summed E-state index contributed by atoms with van der Waals surface area (Å²) < 4.78 is 14.1. The van der Waals surface area contributed by atoms with Crippen LogP contribution in [-0.2, 0) is 0 Å². The average Bonchev–Trinajstić information content (AvgIpc) is 2.37. The van der Waals surface area contributed by atoms with E-state index in [9.17, 15) is 4.39 Å². The molecule has 0 heterocycles. The molecule has 0 spiro atoms. The van der Waals surface area contributed by atoms with Crippen LogP contribution in [0.1, 0.15) is 44.7 Å². The fraction of sp³-hybridized carbons (Fsp3) is 0.467. The molecule has 0 saturated carbocycles. The second-order valence-corrected chi connectivity index (χ2v) is 5.34. The molecule has 1 rings (SSSR count). The molecule has 1 aromatic carbocycles. The minimum absolute atomic E-state index is 0.153. The highest BCUT2D eigenvalue weighted by atomic mass is 79.9. The standard InChI is InChI=1S/C15H21BrFN/c1-4-8-18-15(9-11(3)5-2)12-6-7-13(16)14(17)10-12/h6-7,10,15,18H,3-5,8-9H2,1-2H3. The van der Waals surface area contributed by atoms with Crippen molar-refractivity contribution in [2.45, 2.75) is 39.2 Å². The Morgan fingerprint density at radius 1 is 1.44 bits per heavy atom. The lowest BCUT2D eigenvalue weighted by Gasteiger charge is -2.20. The first-order chi connectivity index (χ1) is 8.58. The minimum Gasteiger partial charge on any atom is -0.310 e. The van der Waals surface area contributed by atoms with Crippen molar-refractivity contribution >= 4 is 15.9 Å². The van der Waals surface area contributed by atoms with Gasteiger partial charge in [0.15, 0.2) is 0 Å². The molecule has 1 nitrogen and oxygen atoms in total. The van der Waals surface area contributed by atoms with Gasteiger partial charge >= 0.3 is 0 Å². The molecule has 0 saturated heterocycles. The van der Waals surface area contributed by atoms with Crippen LogP contribution in [0.5, 0.6) is 0 Å². The molecular formula is C15H21BrFN. The van der Waals surface area contributed by atoms with Gasteiger partial charge < -0.3 is 5.32 Å². The molecule has 0 aromatic heterocycles. The summed E-state index contributed by atoms with van der Waals surface area (Å²) in [7, 11) is 0. The highest BCUT2D eigenvalue weighted by molar-refractivity contribution is 9.10. The summed E-state index contributed by atoms with van der Waals surface area (Å²) in [6.45, 7) is 9.20. The Morgan fingerprint density at radius 2 is 2.17 bits per heavy atom. The van der Waals surface area contributed by atoms with Crippen molar-refractivity contribution in [2.75, 3.05) is 6.54 Å². The van der Waals surface area contributed by atoms with Crippen LogP contribution in [0.2, 0.25) is 0 Å². The molecule has 0 bridgehead atoms. The number of rotatable bonds is 7. The van der Waals surface area contributed by atoms with Crippen molar-refractivity contribution in [3.8, 4) is 0 Å². The van der Waals surface area contributed by atoms with Crippen molar-refractivity contribution in [2.24, 2.45) is 0 Å². The van der Waals surface area contributed by atoms with Gasteiger partial charge in [0.25, 0.3) is 0 Å². The van der Waals surface area contributed by atoms with E-state index in [1.807, 2.05) is 6.07 Å². The molecule has 0 aliphatic rings. The first-order valence-corrected chi connectivity index (χ1v) is 7.22. The normalized spacial score (nSPS) is 12.4. The second-order valence-electron chi connectivity index (χ2n) is 4.49. The highest BCUT2D eigenvalue weighted by Gasteiger charge is 2.13. The molecule has 1 aromatic rings. The first-order valence-electron chi connectivity index (χ1n) is 6.43. The van der Waals surface area contributed by atoms with Crippen LogP contribution in [-0.4, -0.2) is 6.54 Å².